The molecule has 1 aromatic rings. The summed E-state index contributed by atoms with van der Waals surface area (Å²) >= 11 is 0. The summed E-state index contributed by atoms with van der Waals surface area (Å²) in [6.07, 6.45) is 5.22. The molecule has 1 saturated carbocycles. The minimum Gasteiger partial charge on any atom is -0.481 e. The van der Waals surface area contributed by atoms with Crippen molar-refractivity contribution in [1.29, 1.82) is 0 Å². The summed E-state index contributed by atoms with van der Waals surface area (Å²) in [5.74, 6) is -0.893. The van der Waals surface area contributed by atoms with Crippen LogP contribution in [0.3, 0.4) is 0 Å². The largest absolute Gasteiger partial charge is 0.481 e. The van der Waals surface area contributed by atoms with Gasteiger partial charge < -0.3 is 15.3 Å². The van der Waals surface area contributed by atoms with Crippen LogP contribution in [0.5, 0.6) is 0 Å². The van der Waals surface area contributed by atoms with Crippen molar-refractivity contribution in [2.24, 2.45) is 0 Å². The number of aromatic nitrogens is 2. The summed E-state index contributed by atoms with van der Waals surface area (Å²) in [4.78, 5) is 24.4. The Balaban J connectivity index is 1.95. The topological polar surface area (TPSA) is 87.5 Å². The molecule has 0 spiro atoms. The van der Waals surface area contributed by atoms with Gasteiger partial charge in [-0.3, -0.25) is 9.48 Å². The molecule has 2 N–H and O–H groups in total. The van der Waals surface area contributed by atoms with Gasteiger partial charge in [-0.2, -0.15) is 5.10 Å². The molecule has 0 aromatic carbocycles. The van der Waals surface area contributed by atoms with E-state index in [4.69, 9.17) is 5.11 Å². The molecule has 1 fully saturated rings. The molecule has 0 atom stereocenters. The Hall–Kier alpha value is -2.05. The van der Waals surface area contributed by atoms with Crippen molar-refractivity contribution in [1.82, 2.24) is 14.7 Å². The first kappa shape index (κ1) is 14.4. The standard InChI is InChI=1S/C13H20N4O3/c1-9(2)17-8-10(7-14-17)15-13(20)16(11-3-4-11)6-5-12(18)19/h7-9,11H,3-6H2,1-2H3,(H,15,20)(H,18,19). The molecular weight excluding hydrogens is 260 g/mol. The number of rotatable bonds is 6. The first-order valence-electron chi connectivity index (χ1n) is 6.81. The Morgan fingerprint density at radius 2 is 2.25 bits per heavy atom. The number of anilines is 1. The van der Waals surface area contributed by atoms with Gasteiger partial charge in [-0.25, -0.2) is 4.79 Å². The molecule has 0 saturated heterocycles. The van der Waals surface area contributed by atoms with E-state index in [0.29, 0.717) is 5.69 Å². The molecule has 7 heteroatoms. The molecule has 7 nitrogen and oxygen atoms in total. The fourth-order valence-electron chi connectivity index (χ4n) is 1.93. The van der Waals surface area contributed by atoms with E-state index in [2.05, 4.69) is 10.4 Å². The minimum absolute atomic E-state index is 0.0326. The lowest BCUT2D eigenvalue weighted by Gasteiger charge is -2.21. The molecule has 110 valence electrons. The van der Waals surface area contributed by atoms with Gasteiger partial charge in [0, 0.05) is 24.8 Å². The van der Waals surface area contributed by atoms with Gasteiger partial charge in [0.2, 0.25) is 0 Å². The van der Waals surface area contributed by atoms with E-state index in [1.54, 1.807) is 22.0 Å². The number of nitrogens with one attached hydrogen (secondary N) is 1. The van der Waals surface area contributed by atoms with Gasteiger partial charge in [0.15, 0.2) is 0 Å². The third kappa shape index (κ3) is 3.72. The van der Waals surface area contributed by atoms with Gasteiger partial charge in [0.1, 0.15) is 0 Å². The van der Waals surface area contributed by atoms with E-state index in [1.807, 2.05) is 13.8 Å². The predicted molar refractivity (Wildman–Crippen MR) is 73.6 cm³/mol. The van der Waals surface area contributed by atoms with Crippen LogP contribution in [0.2, 0.25) is 0 Å². The molecule has 1 aromatic heterocycles. The first-order valence-corrected chi connectivity index (χ1v) is 6.81. The zero-order valence-electron chi connectivity index (χ0n) is 11.7. The van der Waals surface area contributed by atoms with Crippen molar-refractivity contribution in [2.75, 3.05) is 11.9 Å². The van der Waals surface area contributed by atoms with Gasteiger partial charge in [0.05, 0.1) is 18.3 Å². The molecule has 1 aliphatic rings. The third-order valence-corrected chi connectivity index (χ3v) is 3.20. The number of hydrogen-bond acceptors (Lipinski definition) is 3. The third-order valence-electron chi connectivity index (χ3n) is 3.20. The number of carbonyl (C=O) groups excluding carboxylic acids is 1. The van der Waals surface area contributed by atoms with Crippen molar-refractivity contribution >= 4 is 17.7 Å². The van der Waals surface area contributed by atoms with Crippen molar-refractivity contribution in [3.8, 4) is 0 Å². The number of carbonyl (C=O) groups is 2. The Kier molecular flexibility index (Phi) is 4.26. The maximum absolute atomic E-state index is 12.2. The first-order chi connectivity index (χ1) is 9.47. The molecule has 0 unspecified atom stereocenters. The van der Waals surface area contributed by atoms with Gasteiger partial charge in [-0.05, 0) is 26.7 Å². The summed E-state index contributed by atoms with van der Waals surface area (Å²) in [5.41, 5.74) is 0.629. The average Bonchev–Trinajstić information content (AvgIpc) is 3.08. The van der Waals surface area contributed by atoms with E-state index < -0.39 is 5.97 Å². The van der Waals surface area contributed by atoms with Crippen LogP contribution in [0.4, 0.5) is 10.5 Å². The minimum atomic E-state index is -0.893. The molecule has 0 bridgehead atoms. The van der Waals surface area contributed by atoms with Crippen LogP contribution >= 0.6 is 0 Å². The smallest absolute Gasteiger partial charge is 0.322 e. The van der Waals surface area contributed by atoms with Crippen molar-refractivity contribution in [3.63, 3.8) is 0 Å². The summed E-state index contributed by atoms with van der Waals surface area (Å²) < 4.78 is 1.76. The molecule has 20 heavy (non-hydrogen) atoms. The second-order valence-corrected chi connectivity index (χ2v) is 5.30. The van der Waals surface area contributed by atoms with Crippen molar-refractivity contribution in [3.05, 3.63) is 12.4 Å². The maximum Gasteiger partial charge on any atom is 0.322 e. The Morgan fingerprint density at radius 3 is 2.75 bits per heavy atom. The summed E-state index contributed by atoms with van der Waals surface area (Å²) in [7, 11) is 0. The van der Waals surface area contributed by atoms with E-state index in [-0.39, 0.29) is 31.1 Å². The lowest BCUT2D eigenvalue weighted by molar-refractivity contribution is -0.137. The molecular formula is C13H20N4O3. The van der Waals surface area contributed by atoms with E-state index in [0.717, 1.165) is 12.8 Å². The van der Waals surface area contributed by atoms with Gasteiger partial charge in [-0.1, -0.05) is 0 Å². The van der Waals surface area contributed by atoms with E-state index in [9.17, 15) is 9.59 Å². The average molecular weight is 280 g/mol. The van der Waals surface area contributed by atoms with E-state index >= 15 is 0 Å². The van der Waals surface area contributed by atoms with Gasteiger partial charge in [0.25, 0.3) is 0 Å². The van der Waals surface area contributed by atoms with Gasteiger partial charge in [-0.15, -0.1) is 0 Å². The summed E-state index contributed by atoms with van der Waals surface area (Å²) in [6, 6.07) is 0.152. The number of hydrogen-bond donors (Lipinski definition) is 2. The molecule has 2 rings (SSSR count). The zero-order chi connectivity index (χ0) is 14.7. The maximum atomic E-state index is 12.2. The highest BCUT2D eigenvalue weighted by Crippen LogP contribution is 2.27. The quantitative estimate of drug-likeness (QED) is 0.833. The Morgan fingerprint density at radius 1 is 1.55 bits per heavy atom. The monoisotopic (exact) mass is 280 g/mol. The molecule has 0 radical (unpaired) electrons. The molecule has 0 aliphatic heterocycles. The van der Waals surface area contributed by atoms with E-state index in [1.165, 1.54) is 0 Å². The molecule has 1 heterocycles. The SMILES string of the molecule is CC(C)n1cc(NC(=O)N(CCC(=O)O)C2CC2)cn1. The summed E-state index contributed by atoms with van der Waals surface area (Å²) in [6.45, 7) is 4.24. The highest BCUT2D eigenvalue weighted by Gasteiger charge is 2.32. The summed E-state index contributed by atoms with van der Waals surface area (Å²) in [5, 5.41) is 15.7. The van der Waals surface area contributed by atoms with Crippen LogP contribution in [0.1, 0.15) is 39.2 Å². The number of carboxylic acids is 1. The lowest BCUT2D eigenvalue weighted by atomic mass is 10.4. The van der Waals surface area contributed by atoms with Crippen LogP contribution < -0.4 is 5.32 Å². The normalized spacial score (nSPS) is 14.3. The van der Waals surface area contributed by atoms with Crippen LogP contribution in [-0.2, 0) is 4.79 Å². The van der Waals surface area contributed by atoms with Crippen molar-refractivity contribution in [2.45, 2.75) is 45.2 Å². The van der Waals surface area contributed by atoms with Crippen LogP contribution in [0.15, 0.2) is 12.4 Å². The van der Waals surface area contributed by atoms with Crippen LogP contribution in [0, 0.1) is 0 Å². The highest BCUT2D eigenvalue weighted by molar-refractivity contribution is 5.89. The molecule has 2 amide bonds. The molecule has 1 aliphatic carbocycles. The van der Waals surface area contributed by atoms with Gasteiger partial charge >= 0.3 is 12.0 Å². The number of amides is 2. The fraction of sp³-hybridized carbons (Fsp3) is 0.615. The second-order valence-electron chi connectivity index (χ2n) is 5.30. The second kappa shape index (κ2) is 5.94. The zero-order valence-corrected chi connectivity index (χ0v) is 11.7. The number of aliphatic carboxylic acids is 1. The predicted octanol–water partition coefficient (Wildman–Crippen LogP) is 1.94. The Bertz CT molecular complexity index is 494. The number of carboxylic acid groups (broad SMARTS) is 1. The number of nitrogens with zero attached hydrogens (tertiary/aromatic N) is 3. The van der Waals surface area contributed by atoms with Crippen LogP contribution in [0.25, 0.3) is 0 Å². The Labute approximate surface area is 117 Å². The lowest BCUT2D eigenvalue weighted by Crippen LogP contribution is -2.38. The van der Waals surface area contributed by atoms with Crippen LogP contribution in [-0.4, -0.2) is 44.4 Å². The van der Waals surface area contributed by atoms with Crippen molar-refractivity contribution < 1.29 is 14.7 Å². The number of urea groups is 1. The highest BCUT2D eigenvalue weighted by atomic mass is 16.4. The fourth-order valence-corrected chi connectivity index (χ4v) is 1.93.